The zero-order chi connectivity index (χ0) is 25.1. The van der Waals surface area contributed by atoms with Crippen molar-refractivity contribution >= 4 is 40.6 Å². The summed E-state index contributed by atoms with van der Waals surface area (Å²) in [7, 11) is 1.81. The fourth-order valence-corrected chi connectivity index (χ4v) is 3.94. The van der Waals surface area contributed by atoms with Crippen LogP contribution in [-0.4, -0.2) is 58.8 Å². The molecule has 3 heterocycles. The average molecular weight is 482 g/mol. The highest BCUT2D eigenvalue weighted by molar-refractivity contribution is 5.98. The van der Waals surface area contributed by atoms with Crippen LogP contribution in [0, 0.1) is 0 Å². The number of ether oxygens (including phenoxy) is 1. The van der Waals surface area contributed by atoms with Crippen LogP contribution < -0.4 is 10.7 Å². The van der Waals surface area contributed by atoms with E-state index in [4.69, 9.17) is 4.74 Å². The highest BCUT2D eigenvalue weighted by atomic mass is 16.5. The maximum Gasteiger partial charge on any atom is 0.270 e. The van der Waals surface area contributed by atoms with Gasteiger partial charge in [0.2, 0.25) is 0 Å². The molecule has 0 saturated carbocycles. The minimum atomic E-state index is -0.0474. The summed E-state index contributed by atoms with van der Waals surface area (Å²) in [5.41, 5.74) is 8.05. The van der Waals surface area contributed by atoms with Crippen molar-refractivity contribution in [2.45, 2.75) is 13.0 Å². The van der Waals surface area contributed by atoms with Gasteiger partial charge in [0.05, 0.1) is 19.3 Å². The van der Waals surface area contributed by atoms with Gasteiger partial charge in [0, 0.05) is 48.3 Å². The Morgan fingerprint density at radius 3 is 2.72 bits per heavy atom. The summed E-state index contributed by atoms with van der Waals surface area (Å²) in [6.45, 7) is 6.57. The van der Waals surface area contributed by atoms with Crippen LogP contribution in [-0.2, 0) is 4.74 Å². The number of hydrogen-bond donors (Lipinski definition) is 3. The molecule has 182 valence electrons. The monoisotopic (exact) mass is 481 g/mol. The Morgan fingerprint density at radius 2 is 2.00 bits per heavy atom. The number of likely N-dealkylation sites (N-methyl/N-ethyl adjacent to an activating group) is 1. The molecule has 0 unspecified atom stereocenters. The Hall–Kier alpha value is -4.50. The van der Waals surface area contributed by atoms with Crippen LogP contribution in [0.5, 0.6) is 0 Å². The van der Waals surface area contributed by atoms with Crippen LogP contribution in [0.2, 0.25) is 0 Å². The molecule has 1 fully saturated rings. The van der Waals surface area contributed by atoms with Gasteiger partial charge in [0.1, 0.15) is 11.5 Å². The van der Waals surface area contributed by atoms with Gasteiger partial charge in [0.15, 0.2) is 5.82 Å². The number of nitrogens with one attached hydrogen (secondary N) is 3. The van der Waals surface area contributed by atoms with Crippen molar-refractivity contribution in [3.63, 3.8) is 0 Å². The lowest BCUT2D eigenvalue weighted by atomic mass is 10.1. The number of rotatable bonds is 8. The Labute approximate surface area is 208 Å². The summed E-state index contributed by atoms with van der Waals surface area (Å²) < 4.78 is 5.21. The van der Waals surface area contributed by atoms with Gasteiger partial charge in [-0.3, -0.25) is 10.2 Å². The molecule has 36 heavy (non-hydrogen) atoms. The number of hydrazone groups is 1. The molecule has 0 atom stereocenters. The van der Waals surface area contributed by atoms with Gasteiger partial charge < -0.3 is 19.9 Å². The fourth-order valence-electron chi connectivity index (χ4n) is 3.94. The Kier molecular flexibility index (Phi) is 6.46. The molecule has 0 spiro atoms. The number of benzene rings is 2. The number of H-pyrrole nitrogens is 1. The molecule has 9 nitrogen and oxygen atoms in total. The summed E-state index contributed by atoms with van der Waals surface area (Å²) in [6.07, 6.45) is 3.52. The van der Waals surface area contributed by atoms with Gasteiger partial charge in [-0.1, -0.05) is 24.3 Å². The van der Waals surface area contributed by atoms with Crippen LogP contribution in [0.15, 0.2) is 72.1 Å². The van der Waals surface area contributed by atoms with Crippen molar-refractivity contribution < 1.29 is 9.53 Å². The molecule has 3 N–H and O–H groups in total. The molecule has 9 heteroatoms. The van der Waals surface area contributed by atoms with E-state index in [2.05, 4.69) is 37.5 Å². The molecule has 2 aromatic heterocycles. The quantitative estimate of drug-likeness (QED) is 0.254. The van der Waals surface area contributed by atoms with Crippen LogP contribution in [0.3, 0.4) is 0 Å². The average Bonchev–Trinajstić information content (AvgIpc) is 3.30. The number of aromatic nitrogens is 3. The van der Waals surface area contributed by atoms with E-state index in [9.17, 15) is 4.79 Å². The van der Waals surface area contributed by atoms with Crippen molar-refractivity contribution in [3.8, 4) is 11.4 Å². The number of amides is 1. The third-order valence-corrected chi connectivity index (χ3v) is 6.24. The molecule has 1 aliphatic rings. The molecule has 4 aromatic rings. The number of anilines is 2. The summed E-state index contributed by atoms with van der Waals surface area (Å²) in [5, 5.41) is 7.91. The van der Waals surface area contributed by atoms with Gasteiger partial charge >= 0.3 is 0 Å². The van der Waals surface area contributed by atoms with Gasteiger partial charge in [-0.25, -0.2) is 9.97 Å². The molecular formula is C27H27N7O2. The van der Waals surface area contributed by atoms with Gasteiger partial charge in [-0.05, 0) is 48.4 Å². The summed E-state index contributed by atoms with van der Waals surface area (Å²) in [5.74, 6) is 1.23. The van der Waals surface area contributed by atoms with E-state index in [1.54, 1.807) is 17.3 Å². The molecule has 0 radical (unpaired) electrons. The van der Waals surface area contributed by atoms with E-state index in [0.717, 1.165) is 33.3 Å². The summed E-state index contributed by atoms with van der Waals surface area (Å²) in [4.78, 5) is 26.9. The second-order valence-electron chi connectivity index (χ2n) is 8.67. The van der Waals surface area contributed by atoms with E-state index in [1.807, 2.05) is 68.6 Å². The van der Waals surface area contributed by atoms with Crippen LogP contribution in [0.4, 0.5) is 11.5 Å². The molecule has 2 aromatic carbocycles. The van der Waals surface area contributed by atoms with E-state index in [0.29, 0.717) is 30.5 Å². The van der Waals surface area contributed by atoms with E-state index in [-0.39, 0.29) is 11.9 Å². The number of aromatic amines is 1. The minimum absolute atomic E-state index is 0.0474. The maximum absolute atomic E-state index is 12.8. The molecule has 0 aliphatic carbocycles. The van der Waals surface area contributed by atoms with Crippen LogP contribution in [0.1, 0.15) is 23.0 Å². The van der Waals surface area contributed by atoms with Gasteiger partial charge in [-0.15, -0.1) is 0 Å². The zero-order valence-electron chi connectivity index (χ0n) is 20.2. The van der Waals surface area contributed by atoms with Crippen molar-refractivity contribution in [3.05, 3.63) is 78.3 Å². The number of carbonyl (C=O) groups is 1. The van der Waals surface area contributed by atoms with Crippen LogP contribution >= 0.6 is 0 Å². The highest BCUT2D eigenvalue weighted by Gasteiger charge is 2.28. The Balaban J connectivity index is 1.33. The fraction of sp³-hybridized carbons (Fsp3) is 0.185. The van der Waals surface area contributed by atoms with E-state index >= 15 is 0 Å². The molecule has 1 amide bonds. The third kappa shape index (κ3) is 4.82. The van der Waals surface area contributed by atoms with Crippen LogP contribution in [0.25, 0.3) is 27.9 Å². The second kappa shape index (κ2) is 10.0. The standard InChI is InChI=1S/C27H27N7O2/c1-17(14-30-28-2)18-6-8-21(9-7-18)31-25-10-11-29-26(33-25)20-5-4-19-12-24(32-23(19)13-20)27(35)34(3)22-15-36-16-22/h4-14,22,30,32H,2,15-16H2,1,3H3,(H,29,31,33)/b17-14+. The second-order valence-corrected chi connectivity index (χ2v) is 8.67. The lowest BCUT2D eigenvalue weighted by molar-refractivity contribution is -0.0469. The van der Waals surface area contributed by atoms with E-state index < -0.39 is 0 Å². The summed E-state index contributed by atoms with van der Waals surface area (Å²) >= 11 is 0. The molecule has 1 saturated heterocycles. The number of carbonyl (C=O) groups excluding carboxylic acids is 1. The van der Waals surface area contributed by atoms with Crippen molar-refractivity contribution in [2.24, 2.45) is 5.10 Å². The zero-order valence-corrected chi connectivity index (χ0v) is 20.2. The topological polar surface area (TPSA) is 108 Å². The van der Waals surface area contributed by atoms with E-state index in [1.165, 1.54) is 0 Å². The third-order valence-electron chi connectivity index (χ3n) is 6.24. The van der Waals surface area contributed by atoms with Gasteiger partial charge in [0.25, 0.3) is 5.91 Å². The number of fused-ring (bicyclic) bond motifs is 1. The van der Waals surface area contributed by atoms with Crippen molar-refractivity contribution in [1.82, 2.24) is 25.3 Å². The maximum atomic E-state index is 12.8. The largest absolute Gasteiger partial charge is 0.377 e. The first-order chi connectivity index (χ1) is 17.5. The molecule has 5 rings (SSSR count). The lowest BCUT2D eigenvalue weighted by Gasteiger charge is -2.34. The molecule has 0 bridgehead atoms. The first-order valence-corrected chi connectivity index (χ1v) is 11.6. The SMILES string of the molecule is C=NN/C=C(\C)c1ccc(Nc2ccnc(-c3ccc4cc(C(=O)N(C)C5COC5)[nH]c4c3)n2)cc1. The normalized spacial score (nSPS) is 13.8. The molecular weight excluding hydrogens is 454 g/mol. The molecule has 1 aliphatic heterocycles. The van der Waals surface area contributed by atoms with Gasteiger partial charge in [-0.2, -0.15) is 5.10 Å². The summed E-state index contributed by atoms with van der Waals surface area (Å²) in [6, 6.07) is 17.8. The Bertz CT molecular complexity index is 1440. The number of hydrogen-bond acceptors (Lipinski definition) is 7. The first kappa shape index (κ1) is 23.3. The number of nitrogens with zero attached hydrogens (tertiary/aromatic N) is 4. The Morgan fingerprint density at radius 1 is 1.19 bits per heavy atom. The predicted octanol–water partition coefficient (Wildman–Crippen LogP) is 4.41. The predicted molar refractivity (Wildman–Crippen MR) is 142 cm³/mol. The smallest absolute Gasteiger partial charge is 0.270 e. The minimum Gasteiger partial charge on any atom is -0.377 e. The number of allylic oxidation sites excluding steroid dienone is 1. The highest BCUT2D eigenvalue weighted by Crippen LogP contribution is 2.25. The lowest BCUT2D eigenvalue weighted by Crippen LogP contribution is -2.49. The van der Waals surface area contributed by atoms with Crippen molar-refractivity contribution in [1.29, 1.82) is 0 Å². The first-order valence-electron chi connectivity index (χ1n) is 11.6. The van der Waals surface area contributed by atoms with Crippen molar-refractivity contribution in [2.75, 3.05) is 25.6 Å².